The van der Waals surface area contributed by atoms with Crippen molar-refractivity contribution in [2.75, 3.05) is 13.6 Å². The molecule has 0 saturated heterocycles. The summed E-state index contributed by atoms with van der Waals surface area (Å²) in [6.45, 7) is 1.08. The number of carbonyl (C=O) groups excluding carboxylic acids is 1. The predicted octanol–water partition coefficient (Wildman–Crippen LogP) is 1.29. The Hall–Kier alpha value is -1.99. The number of hydrogen-bond acceptors (Lipinski definition) is 5. The van der Waals surface area contributed by atoms with Gasteiger partial charge in [0.05, 0.1) is 11.0 Å². The van der Waals surface area contributed by atoms with Gasteiger partial charge in [-0.1, -0.05) is 12.5 Å². The molecule has 1 amide bonds. The van der Waals surface area contributed by atoms with Crippen molar-refractivity contribution >= 4 is 11.6 Å². The number of amides is 1. The third kappa shape index (κ3) is 3.80. The van der Waals surface area contributed by atoms with Gasteiger partial charge in [-0.15, -0.1) is 0 Å². The Morgan fingerprint density at radius 2 is 2.23 bits per heavy atom. The third-order valence-corrected chi connectivity index (χ3v) is 4.17. The van der Waals surface area contributed by atoms with Gasteiger partial charge in [0.25, 0.3) is 5.69 Å². The Kier molecular flexibility index (Phi) is 5.10. The summed E-state index contributed by atoms with van der Waals surface area (Å²) in [5.74, 6) is -0.467. The monoisotopic (exact) mass is 307 g/mol. The lowest BCUT2D eigenvalue weighted by atomic mass is 10.0. The molecule has 0 heterocycles. The van der Waals surface area contributed by atoms with E-state index >= 15 is 0 Å². The van der Waals surface area contributed by atoms with Crippen LogP contribution in [0.5, 0.6) is 0 Å². The predicted molar refractivity (Wildman–Crippen MR) is 81.3 cm³/mol. The number of carbonyl (C=O) groups is 1. The molecule has 2 atom stereocenters. The molecule has 2 rings (SSSR count). The van der Waals surface area contributed by atoms with E-state index in [1.807, 2.05) is 11.9 Å². The number of nitrogens with two attached hydrogens (primary N) is 1. The standard InChI is InChI=1S/C15H21N3O4/c1-17(9-12-3-2-4-14(12)19)8-11-6-5-10(15(16)20)7-13(11)18(21)22/h5-7,12,14,19H,2-4,8-9H2,1H3,(H2,16,20). The van der Waals surface area contributed by atoms with Crippen LogP contribution in [0.3, 0.4) is 0 Å². The van der Waals surface area contributed by atoms with Gasteiger partial charge in [-0.3, -0.25) is 14.9 Å². The minimum atomic E-state index is -0.683. The van der Waals surface area contributed by atoms with E-state index in [4.69, 9.17) is 5.73 Å². The fourth-order valence-electron chi connectivity index (χ4n) is 3.01. The summed E-state index contributed by atoms with van der Waals surface area (Å²) >= 11 is 0. The van der Waals surface area contributed by atoms with Crippen LogP contribution in [0.1, 0.15) is 35.2 Å². The summed E-state index contributed by atoms with van der Waals surface area (Å²) < 4.78 is 0. The average molecular weight is 307 g/mol. The SMILES string of the molecule is CN(Cc1ccc(C(N)=O)cc1[N+](=O)[O-])CC1CCCC1O. The fraction of sp³-hybridized carbons (Fsp3) is 0.533. The molecule has 1 aromatic rings. The molecule has 22 heavy (non-hydrogen) atoms. The smallest absolute Gasteiger partial charge is 0.274 e. The molecule has 1 aliphatic carbocycles. The van der Waals surface area contributed by atoms with Crippen molar-refractivity contribution in [3.8, 4) is 0 Å². The molecule has 3 N–H and O–H groups in total. The van der Waals surface area contributed by atoms with E-state index in [0.29, 0.717) is 18.7 Å². The van der Waals surface area contributed by atoms with E-state index in [2.05, 4.69) is 0 Å². The summed E-state index contributed by atoms with van der Waals surface area (Å²) in [5, 5.41) is 21.0. The van der Waals surface area contributed by atoms with Crippen LogP contribution in [0, 0.1) is 16.0 Å². The van der Waals surface area contributed by atoms with Gasteiger partial charge < -0.3 is 15.7 Å². The lowest BCUT2D eigenvalue weighted by Crippen LogP contribution is -2.29. The second-order valence-electron chi connectivity index (χ2n) is 5.92. The molecule has 7 heteroatoms. The number of aliphatic hydroxyl groups is 1. The van der Waals surface area contributed by atoms with Gasteiger partial charge in [-0.25, -0.2) is 0 Å². The molecule has 7 nitrogen and oxygen atoms in total. The zero-order valence-electron chi connectivity index (χ0n) is 12.6. The van der Waals surface area contributed by atoms with Crippen molar-refractivity contribution in [2.45, 2.75) is 31.9 Å². The van der Waals surface area contributed by atoms with E-state index in [9.17, 15) is 20.0 Å². The van der Waals surface area contributed by atoms with E-state index in [1.165, 1.54) is 12.1 Å². The van der Waals surface area contributed by atoms with Crippen LogP contribution in [0.25, 0.3) is 0 Å². The Bertz CT molecular complexity index is 576. The second kappa shape index (κ2) is 6.85. The van der Waals surface area contributed by atoms with Crippen LogP contribution >= 0.6 is 0 Å². The molecule has 0 aromatic heterocycles. The van der Waals surface area contributed by atoms with Crippen molar-refractivity contribution in [1.82, 2.24) is 4.90 Å². The molecule has 0 aliphatic heterocycles. The van der Waals surface area contributed by atoms with E-state index in [1.54, 1.807) is 6.07 Å². The van der Waals surface area contributed by atoms with Gasteiger partial charge in [0, 0.05) is 30.3 Å². The number of aliphatic hydroxyl groups excluding tert-OH is 1. The van der Waals surface area contributed by atoms with Crippen LogP contribution < -0.4 is 5.73 Å². The zero-order valence-corrected chi connectivity index (χ0v) is 12.6. The normalized spacial score (nSPS) is 21.2. The van der Waals surface area contributed by atoms with Crippen LogP contribution in [0.4, 0.5) is 5.69 Å². The maximum absolute atomic E-state index is 11.2. The first-order valence-electron chi connectivity index (χ1n) is 7.32. The number of benzene rings is 1. The quantitative estimate of drug-likeness (QED) is 0.608. The molecule has 1 aliphatic rings. The molecular formula is C15H21N3O4. The van der Waals surface area contributed by atoms with Gasteiger partial charge >= 0.3 is 0 Å². The maximum Gasteiger partial charge on any atom is 0.274 e. The van der Waals surface area contributed by atoms with Crippen LogP contribution in [0.2, 0.25) is 0 Å². The summed E-state index contributed by atoms with van der Waals surface area (Å²) in [6, 6.07) is 4.29. The van der Waals surface area contributed by atoms with Crippen molar-refractivity contribution in [1.29, 1.82) is 0 Å². The van der Waals surface area contributed by atoms with Gasteiger partial charge in [0.2, 0.25) is 5.91 Å². The van der Waals surface area contributed by atoms with Gasteiger partial charge in [-0.2, -0.15) is 0 Å². The van der Waals surface area contributed by atoms with Crippen molar-refractivity contribution in [3.63, 3.8) is 0 Å². The number of primary amides is 1. The Labute approximate surface area is 128 Å². The summed E-state index contributed by atoms with van der Waals surface area (Å²) in [5.41, 5.74) is 5.72. The third-order valence-electron chi connectivity index (χ3n) is 4.17. The Balaban J connectivity index is 2.11. The minimum Gasteiger partial charge on any atom is -0.393 e. The highest BCUT2D eigenvalue weighted by atomic mass is 16.6. The number of hydrogen-bond donors (Lipinski definition) is 2. The molecule has 0 spiro atoms. The maximum atomic E-state index is 11.2. The zero-order chi connectivity index (χ0) is 16.3. The highest BCUT2D eigenvalue weighted by molar-refractivity contribution is 5.93. The van der Waals surface area contributed by atoms with Crippen LogP contribution in [0.15, 0.2) is 18.2 Å². The second-order valence-corrected chi connectivity index (χ2v) is 5.92. The molecule has 1 aromatic carbocycles. The Morgan fingerprint density at radius 3 is 2.77 bits per heavy atom. The highest BCUT2D eigenvalue weighted by Crippen LogP contribution is 2.27. The summed E-state index contributed by atoms with van der Waals surface area (Å²) in [4.78, 5) is 23.8. The Morgan fingerprint density at radius 1 is 1.50 bits per heavy atom. The molecule has 0 bridgehead atoms. The molecule has 0 radical (unpaired) electrons. The number of nitrogens with zero attached hydrogens (tertiary/aromatic N) is 2. The van der Waals surface area contributed by atoms with E-state index < -0.39 is 10.8 Å². The molecule has 1 fully saturated rings. The summed E-state index contributed by atoms with van der Waals surface area (Å²) in [6.07, 6.45) is 2.54. The van der Waals surface area contributed by atoms with Crippen molar-refractivity contribution < 1.29 is 14.8 Å². The molecular weight excluding hydrogens is 286 g/mol. The first-order valence-corrected chi connectivity index (χ1v) is 7.32. The van der Waals surface area contributed by atoms with Crippen LogP contribution in [-0.4, -0.2) is 40.5 Å². The largest absolute Gasteiger partial charge is 0.393 e. The number of rotatable bonds is 6. The van der Waals surface area contributed by atoms with Crippen LogP contribution in [-0.2, 0) is 6.54 Å². The van der Waals surface area contributed by atoms with Crippen molar-refractivity contribution in [2.24, 2.45) is 11.7 Å². The topological polar surface area (TPSA) is 110 Å². The summed E-state index contributed by atoms with van der Waals surface area (Å²) in [7, 11) is 1.87. The van der Waals surface area contributed by atoms with E-state index in [0.717, 1.165) is 19.3 Å². The average Bonchev–Trinajstić information content (AvgIpc) is 2.84. The lowest BCUT2D eigenvalue weighted by molar-refractivity contribution is -0.385. The number of nitro groups is 1. The lowest BCUT2D eigenvalue weighted by Gasteiger charge is -2.23. The first kappa shape index (κ1) is 16.4. The molecule has 1 saturated carbocycles. The first-order chi connectivity index (χ1) is 10.4. The van der Waals surface area contributed by atoms with E-state index in [-0.39, 0.29) is 23.3 Å². The van der Waals surface area contributed by atoms with Gasteiger partial charge in [0.15, 0.2) is 0 Å². The minimum absolute atomic E-state index is 0.102. The molecule has 120 valence electrons. The van der Waals surface area contributed by atoms with Gasteiger partial charge in [-0.05, 0) is 31.9 Å². The van der Waals surface area contributed by atoms with Gasteiger partial charge in [0.1, 0.15) is 0 Å². The number of nitro benzene ring substituents is 1. The highest BCUT2D eigenvalue weighted by Gasteiger charge is 2.27. The van der Waals surface area contributed by atoms with Crippen molar-refractivity contribution in [3.05, 3.63) is 39.4 Å². The molecule has 2 unspecified atom stereocenters. The fourth-order valence-corrected chi connectivity index (χ4v) is 3.01.